The van der Waals surface area contributed by atoms with Gasteiger partial charge in [-0.05, 0) is 38.1 Å². The van der Waals surface area contributed by atoms with Crippen LogP contribution in [0.2, 0.25) is 0 Å². The predicted octanol–water partition coefficient (Wildman–Crippen LogP) is 3.40. The molecule has 2 aromatic carbocycles. The fourth-order valence-corrected chi connectivity index (χ4v) is 3.50. The molecular formula is C24H30N4O. The lowest BCUT2D eigenvalue weighted by molar-refractivity contribution is 0.0940. The Hall–Kier alpha value is -2.92. The van der Waals surface area contributed by atoms with Gasteiger partial charge in [-0.3, -0.25) is 9.48 Å². The zero-order valence-electron chi connectivity index (χ0n) is 17.5. The topological polar surface area (TPSA) is 50.2 Å². The number of carbonyl (C=O) groups excluding carboxylic acids is 1. The van der Waals surface area contributed by atoms with E-state index >= 15 is 0 Å². The number of nitrogens with one attached hydrogen (secondary N) is 1. The van der Waals surface area contributed by atoms with E-state index in [0.717, 1.165) is 18.5 Å². The third-order valence-corrected chi connectivity index (χ3v) is 5.25. The van der Waals surface area contributed by atoms with E-state index < -0.39 is 0 Å². The van der Waals surface area contributed by atoms with Crippen molar-refractivity contribution in [2.45, 2.75) is 32.4 Å². The molecule has 0 saturated heterocycles. The summed E-state index contributed by atoms with van der Waals surface area (Å²) in [6.07, 6.45) is 3.34. The SMILES string of the molecule is CCc1c(C(=O)NCC(Cc2ccccc2)N(C)C)cnn1Cc1ccccc1. The highest BCUT2D eigenvalue weighted by Gasteiger charge is 2.19. The van der Waals surface area contributed by atoms with Crippen LogP contribution >= 0.6 is 0 Å². The first-order valence-corrected chi connectivity index (χ1v) is 10.2. The van der Waals surface area contributed by atoms with E-state index in [0.29, 0.717) is 18.7 Å². The average molecular weight is 391 g/mol. The molecule has 5 nitrogen and oxygen atoms in total. The van der Waals surface area contributed by atoms with Crippen molar-refractivity contribution in [1.29, 1.82) is 0 Å². The number of hydrogen-bond donors (Lipinski definition) is 1. The van der Waals surface area contributed by atoms with Crippen molar-refractivity contribution >= 4 is 5.91 Å². The predicted molar refractivity (Wildman–Crippen MR) is 117 cm³/mol. The molecule has 5 heteroatoms. The zero-order chi connectivity index (χ0) is 20.6. The zero-order valence-corrected chi connectivity index (χ0v) is 17.5. The van der Waals surface area contributed by atoms with Gasteiger partial charge in [-0.15, -0.1) is 0 Å². The van der Waals surface area contributed by atoms with Crippen LogP contribution in [0.5, 0.6) is 0 Å². The Balaban J connectivity index is 1.66. The van der Waals surface area contributed by atoms with Gasteiger partial charge in [-0.2, -0.15) is 5.10 Å². The second kappa shape index (κ2) is 10.0. The minimum Gasteiger partial charge on any atom is -0.350 e. The average Bonchev–Trinajstić information content (AvgIpc) is 3.14. The van der Waals surface area contributed by atoms with E-state index in [-0.39, 0.29) is 11.9 Å². The Kier molecular flexibility index (Phi) is 7.19. The van der Waals surface area contributed by atoms with Gasteiger partial charge in [0.1, 0.15) is 0 Å². The third-order valence-electron chi connectivity index (χ3n) is 5.25. The lowest BCUT2D eigenvalue weighted by atomic mass is 10.0. The maximum atomic E-state index is 12.9. The molecule has 1 unspecified atom stereocenters. The summed E-state index contributed by atoms with van der Waals surface area (Å²) in [6, 6.07) is 20.8. The second-order valence-electron chi connectivity index (χ2n) is 7.52. The molecule has 3 aromatic rings. The molecule has 0 radical (unpaired) electrons. The van der Waals surface area contributed by atoms with Crippen molar-refractivity contribution in [3.05, 3.63) is 89.2 Å². The molecule has 29 heavy (non-hydrogen) atoms. The van der Waals surface area contributed by atoms with Crippen molar-refractivity contribution < 1.29 is 4.79 Å². The fourth-order valence-electron chi connectivity index (χ4n) is 3.50. The van der Waals surface area contributed by atoms with Gasteiger partial charge in [-0.1, -0.05) is 67.6 Å². The van der Waals surface area contributed by atoms with E-state index in [9.17, 15) is 4.79 Å². The summed E-state index contributed by atoms with van der Waals surface area (Å²) in [5.41, 5.74) is 4.08. The number of nitrogens with zero attached hydrogens (tertiary/aromatic N) is 3. The summed E-state index contributed by atoms with van der Waals surface area (Å²) in [5, 5.41) is 7.60. The molecule has 0 spiro atoms. The van der Waals surface area contributed by atoms with Crippen LogP contribution in [0, 0.1) is 0 Å². The molecular weight excluding hydrogens is 360 g/mol. The minimum atomic E-state index is -0.0546. The first-order chi connectivity index (χ1) is 14.1. The van der Waals surface area contributed by atoms with Crippen molar-refractivity contribution in [1.82, 2.24) is 20.0 Å². The number of benzene rings is 2. The van der Waals surface area contributed by atoms with Crippen LogP contribution in [0.15, 0.2) is 66.9 Å². The normalized spacial score (nSPS) is 12.1. The molecule has 1 heterocycles. The first kappa shape index (κ1) is 20.8. The van der Waals surface area contributed by atoms with E-state index in [1.165, 1.54) is 11.1 Å². The summed E-state index contributed by atoms with van der Waals surface area (Å²) in [5.74, 6) is -0.0546. The molecule has 0 aliphatic carbocycles. The van der Waals surface area contributed by atoms with Crippen molar-refractivity contribution in [2.75, 3.05) is 20.6 Å². The van der Waals surface area contributed by atoms with Crippen LogP contribution in [-0.4, -0.2) is 47.3 Å². The molecule has 0 aliphatic rings. The molecule has 1 N–H and O–H groups in total. The Morgan fingerprint density at radius 3 is 2.24 bits per heavy atom. The molecule has 3 rings (SSSR count). The van der Waals surface area contributed by atoms with Crippen molar-refractivity contribution in [2.24, 2.45) is 0 Å². The molecule has 1 atom stereocenters. The van der Waals surface area contributed by atoms with Gasteiger partial charge < -0.3 is 10.2 Å². The van der Waals surface area contributed by atoms with Gasteiger partial charge >= 0.3 is 0 Å². The Morgan fingerprint density at radius 2 is 1.66 bits per heavy atom. The highest BCUT2D eigenvalue weighted by atomic mass is 16.1. The maximum Gasteiger partial charge on any atom is 0.254 e. The number of hydrogen-bond acceptors (Lipinski definition) is 3. The minimum absolute atomic E-state index is 0.0546. The lowest BCUT2D eigenvalue weighted by Crippen LogP contribution is -2.41. The van der Waals surface area contributed by atoms with E-state index in [1.54, 1.807) is 6.20 Å². The van der Waals surface area contributed by atoms with Crippen molar-refractivity contribution in [3.8, 4) is 0 Å². The molecule has 0 aliphatic heterocycles. The van der Waals surface area contributed by atoms with Gasteiger partial charge in [-0.25, -0.2) is 0 Å². The van der Waals surface area contributed by atoms with E-state index in [2.05, 4.69) is 72.7 Å². The monoisotopic (exact) mass is 390 g/mol. The van der Waals surface area contributed by atoms with Gasteiger partial charge in [0, 0.05) is 12.6 Å². The molecule has 152 valence electrons. The number of rotatable bonds is 9. The highest BCUT2D eigenvalue weighted by molar-refractivity contribution is 5.95. The summed E-state index contributed by atoms with van der Waals surface area (Å²) >= 11 is 0. The summed E-state index contributed by atoms with van der Waals surface area (Å²) < 4.78 is 1.93. The van der Waals surface area contributed by atoms with Gasteiger partial charge in [0.05, 0.1) is 24.0 Å². The van der Waals surface area contributed by atoms with Crippen molar-refractivity contribution in [3.63, 3.8) is 0 Å². The van der Waals surface area contributed by atoms with Crippen LogP contribution in [0.3, 0.4) is 0 Å². The van der Waals surface area contributed by atoms with Crippen LogP contribution < -0.4 is 5.32 Å². The summed E-state index contributed by atoms with van der Waals surface area (Å²) in [4.78, 5) is 15.0. The summed E-state index contributed by atoms with van der Waals surface area (Å²) in [7, 11) is 4.10. The van der Waals surface area contributed by atoms with Crippen LogP contribution in [0.1, 0.15) is 34.1 Å². The Labute approximate surface area is 173 Å². The Morgan fingerprint density at radius 1 is 1.03 bits per heavy atom. The fraction of sp³-hybridized carbons (Fsp3) is 0.333. The lowest BCUT2D eigenvalue weighted by Gasteiger charge is -2.24. The van der Waals surface area contributed by atoms with E-state index in [1.807, 2.05) is 28.9 Å². The standard InChI is InChI=1S/C24H30N4O/c1-4-23-22(17-26-28(23)18-20-13-9-6-10-14-20)24(29)25-16-21(27(2)3)15-19-11-7-5-8-12-19/h5-14,17,21H,4,15-16,18H2,1-3H3,(H,25,29). The molecule has 0 saturated carbocycles. The molecule has 0 fully saturated rings. The van der Waals surface area contributed by atoms with Gasteiger partial charge in [0.2, 0.25) is 0 Å². The Bertz CT molecular complexity index is 903. The highest BCUT2D eigenvalue weighted by Crippen LogP contribution is 2.13. The molecule has 0 bridgehead atoms. The van der Waals surface area contributed by atoms with E-state index in [4.69, 9.17) is 0 Å². The van der Waals surface area contributed by atoms with Gasteiger partial charge in [0.25, 0.3) is 5.91 Å². The summed E-state index contributed by atoms with van der Waals surface area (Å²) in [6.45, 7) is 3.33. The number of carbonyl (C=O) groups is 1. The molecule has 1 amide bonds. The number of amides is 1. The van der Waals surface area contributed by atoms with Crippen LogP contribution in [0.4, 0.5) is 0 Å². The quantitative estimate of drug-likeness (QED) is 0.609. The maximum absolute atomic E-state index is 12.9. The smallest absolute Gasteiger partial charge is 0.254 e. The molecule has 1 aromatic heterocycles. The number of likely N-dealkylation sites (N-methyl/N-ethyl adjacent to an activating group) is 1. The van der Waals surface area contributed by atoms with Gasteiger partial charge in [0.15, 0.2) is 0 Å². The second-order valence-corrected chi connectivity index (χ2v) is 7.52. The number of aromatic nitrogens is 2. The largest absolute Gasteiger partial charge is 0.350 e. The van der Waals surface area contributed by atoms with Crippen LogP contribution in [0.25, 0.3) is 0 Å². The first-order valence-electron chi connectivity index (χ1n) is 10.2. The third kappa shape index (κ3) is 5.55. The van der Waals surface area contributed by atoms with Crippen LogP contribution in [-0.2, 0) is 19.4 Å².